The van der Waals surface area contributed by atoms with Crippen LogP contribution in [0.25, 0.3) is 0 Å². The molecule has 7 heteroatoms. The van der Waals surface area contributed by atoms with Crippen LogP contribution in [0.4, 0.5) is 0 Å². The van der Waals surface area contributed by atoms with E-state index in [9.17, 15) is 13.2 Å². The second kappa shape index (κ2) is 9.95. The molecule has 3 aliphatic carbocycles. The second-order valence-corrected chi connectivity index (χ2v) is 11.9. The zero-order valence-corrected chi connectivity index (χ0v) is 21.0. The van der Waals surface area contributed by atoms with Crippen LogP contribution in [-0.2, 0) is 21.5 Å². The molecule has 0 unspecified atom stereocenters. The fourth-order valence-corrected chi connectivity index (χ4v) is 7.51. The Kier molecular flexibility index (Phi) is 7.39. The van der Waals surface area contributed by atoms with Gasteiger partial charge in [0, 0.05) is 12.5 Å². The third-order valence-corrected chi connectivity index (χ3v) is 9.18. The molecular formula is C26H40N2O4S. The number of benzene rings is 1. The van der Waals surface area contributed by atoms with Crippen LogP contribution in [0.15, 0.2) is 18.2 Å². The molecule has 4 rings (SSSR count). The molecule has 184 valence electrons. The SMILES string of the molecule is CCCCCCCC(=O)N[C@H]1CC[C@H]2[C@@H]3CCc4cc(OS(N)(=O)=O)ccc4[C@H]3CC[C@]12C. The topological polar surface area (TPSA) is 98.5 Å². The van der Waals surface area contributed by atoms with Gasteiger partial charge in [0.2, 0.25) is 5.91 Å². The first-order chi connectivity index (χ1) is 15.7. The first-order valence-corrected chi connectivity index (χ1v) is 14.3. The van der Waals surface area contributed by atoms with Gasteiger partial charge in [-0.1, -0.05) is 45.6 Å². The number of rotatable bonds is 9. The van der Waals surface area contributed by atoms with Gasteiger partial charge in [0.15, 0.2) is 0 Å². The molecule has 6 nitrogen and oxygen atoms in total. The van der Waals surface area contributed by atoms with Crippen molar-refractivity contribution in [3.63, 3.8) is 0 Å². The van der Waals surface area contributed by atoms with Crippen LogP contribution in [0.2, 0.25) is 0 Å². The summed E-state index contributed by atoms with van der Waals surface area (Å²) in [6, 6.07) is 5.92. The third kappa shape index (κ3) is 5.40. The van der Waals surface area contributed by atoms with Gasteiger partial charge in [-0.15, -0.1) is 0 Å². The quantitative estimate of drug-likeness (QED) is 0.492. The predicted molar refractivity (Wildman–Crippen MR) is 130 cm³/mol. The largest absolute Gasteiger partial charge is 0.380 e. The summed E-state index contributed by atoms with van der Waals surface area (Å²) >= 11 is 0. The molecule has 0 aromatic heterocycles. The van der Waals surface area contributed by atoms with Crippen LogP contribution in [0.5, 0.6) is 5.75 Å². The highest BCUT2D eigenvalue weighted by atomic mass is 32.2. The van der Waals surface area contributed by atoms with E-state index >= 15 is 0 Å². The minimum absolute atomic E-state index is 0.174. The molecule has 0 bridgehead atoms. The maximum atomic E-state index is 12.7. The van der Waals surface area contributed by atoms with Crippen LogP contribution in [0, 0.1) is 17.3 Å². The molecule has 0 aliphatic heterocycles. The fourth-order valence-electron chi connectivity index (χ4n) is 7.14. The Balaban J connectivity index is 1.39. The van der Waals surface area contributed by atoms with E-state index in [4.69, 9.17) is 9.32 Å². The van der Waals surface area contributed by atoms with Crippen molar-refractivity contribution in [2.24, 2.45) is 22.4 Å². The van der Waals surface area contributed by atoms with Crippen LogP contribution in [0.1, 0.15) is 102 Å². The second-order valence-electron chi connectivity index (χ2n) is 10.8. The van der Waals surface area contributed by atoms with Crippen molar-refractivity contribution in [2.45, 2.75) is 103 Å². The highest BCUT2D eigenvalue weighted by Crippen LogP contribution is 2.61. The van der Waals surface area contributed by atoms with E-state index in [1.807, 2.05) is 12.1 Å². The number of carbonyl (C=O) groups is 1. The Bertz CT molecular complexity index is 963. The maximum Gasteiger partial charge on any atom is 0.380 e. The Morgan fingerprint density at radius 1 is 1.15 bits per heavy atom. The van der Waals surface area contributed by atoms with E-state index in [0.717, 1.165) is 44.9 Å². The highest BCUT2D eigenvalue weighted by Gasteiger charge is 2.55. The lowest BCUT2D eigenvalue weighted by atomic mass is 9.55. The van der Waals surface area contributed by atoms with Gasteiger partial charge < -0.3 is 9.50 Å². The molecule has 1 amide bonds. The summed E-state index contributed by atoms with van der Waals surface area (Å²) in [5.41, 5.74) is 2.70. The Labute approximate surface area is 199 Å². The maximum absolute atomic E-state index is 12.7. The zero-order chi connectivity index (χ0) is 23.6. The van der Waals surface area contributed by atoms with Gasteiger partial charge in [-0.05, 0) is 91.4 Å². The van der Waals surface area contributed by atoms with E-state index in [0.29, 0.717) is 36.0 Å². The van der Waals surface area contributed by atoms with Gasteiger partial charge in [0.1, 0.15) is 5.75 Å². The average molecular weight is 477 g/mol. The molecule has 5 atom stereocenters. The number of fused-ring (bicyclic) bond motifs is 5. The standard InChI is InChI=1S/C26H40N2O4S/c1-3-4-5-6-7-8-25(29)28-24-14-13-23-22-11-9-18-17-19(32-33(27,30)31)10-12-20(18)21(22)15-16-26(23,24)2/h10,12,17,21-24H,3-9,11,13-16H2,1-2H3,(H,28,29)(H2,27,30,31)/t21-,22-,23+,24+,26+/m1/s1. The van der Waals surface area contributed by atoms with Crippen molar-refractivity contribution in [1.29, 1.82) is 0 Å². The normalized spacial score (nSPS) is 30.8. The van der Waals surface area contributed by atoms with Crippen molar-refractivity contribution < 1.29 is 17.4 Å². The smallest absolute Gasteiger partial charge is 0.371 e. The molecule has 2 fully saturated rings. The molecule has 33 heavy (non-hydrogen) atoms. The number of aryl methyl sites for hydroxylation is 1. The highest BCUT2D eigenvalue weighted by molar-refractivity contribution is 7.84. The van der Waals surface area contributed by atoms with Gasteiger partial charge in [0.05, 0.1) is 0 Å². The van der Waals surface area contributed by atoms with Crippen molar-refractivity contribution in [1.82, 2.24) is 5.32 Å². The first kappa shape index (κ1) is 24.5. The molecule has 1 aromatic carbocycles. The molecule has 1 aromatic rings. The number of amides is 1. The summed E-state index contributed by atoms with van der Waals surface area (Å²) in [6.45, 7) is 4.62. The van der Waals surface area contributed by atoms with Crippen molar-refractivity contribution >= 4 is 16.2 Å². The minimum atomic E-state index is -4.01. The van der Waals surface area contributed by atoms with E-state index in [-0.39, 0.29) is 11.3 Å². The van der Waals surface area contributed by atoms with Gasteiger partial charge in [-0.25, -0.2) is 0 Å². The van der Waals surface area contributed by atoms with Crippen molar-refractivity contribution in [2.75, 3.05) is 0 Å². The van der Waals surface area contributed by atoms with Gasteiger partial charge >= 0.3 is 10.3 Å². The zero-order valence-electron chi connectivity index (χ0n) is 20.1. The van der Waals surface area contributed by atoms with Gasteiger partial charge in [-0.3, -0.25) is 4.79 Å². The summed E-state index contributed by atoms with van der Waals surface area (Å²) in [6.07, 6.45) is 13.1. The summed E-state index contributed by atoms with van der Waals surface area (Å²) in [7, 11) is -4.01. The Morgan fingerprint density at radius 2 is 1.94 bits per heavy atom. The number of hydrogen-bond donors (Lipinski definition) is 2. The Morgan fingerprint density at radius 3 is 2.70 bits per heavy atom. The van der Waals surface area contributed by atoms with Crippen LogP contribution in [-0.4, -0.2) is 20.4 Å². The average Bonchev–Trinajstić information content (AvgIpc) is 3.08. The third-order valence-electron chi connectivity index (χ3n) is 8.75. The minimum Gasteiger partial charge on any atom is -0.371 e. The lowest BCUT2D eigenvalue weighted by Gasteiger charge is -2.51. The number of hydrogen-bond acceptors (Lipinski definition) is 4. The number of unbranched alkanes of at least 4 members (excludes halogenated alkanes) is 4. The molecular weight excluding hydrogens is 436 g/mol. The first-order valence-electron chi connectivity index (χ1n) is 12.9. The summed E-state index contributed by atoms with van der Waals surface area (Å²) in [4.78, 5) is 12.7. The Hall–Kier alpha value is -1.60. The van der Waals surface area contributed by atoms with Crippen LogP contribution in [0.3, 0.4) is 0 Å². The lowest BCUT2D eigenvalue weighted by Crippen LogP contribution is -2.50. The van der Waals surface area contributed by atoms with E-state index in [1.54, 1.807) is 6.07 Å². The van der Waals surface area contributed by atoms with E-state index < -0.39 is 10.3 Å². The number of carbonyl (C=O) groups excluding carboxylic acids is 1. The molecule has 0 heterocycles. The molecule has 0 saturated heterocycles. The van der Waals surface area contributed by atoms with Crippen LogP contribution >= 0.6 is 0 Å². The van der Waals surface area contributed by atoms with Crippen molar-refractivity contribution in [3.05, 3.63) is 29.3 Å². The van der Waals surface area contributed by atoms with Crippen LogP contribution < -0.4 is 14.6 Å². The molecule has 0 spiro atoms. The number of nitrogens with one attached hydrogen (secondary N) is 1. The summed E-state index contributed by atoms with van der Waals surface area (Å²) in [5.74, 6) is 2.28. The molecule has 3 N–H and O–H groups in total. The van der Waals surface area contributed by atoms with Crippen molar-refractivity contribution in [3.8, 4) is 5.75 Å². The number of nitrogens with two attached hydrogens (primary N) is 1. The predicted octanol–water partition coefficient (Wildman–Crippen LogP) is 4.97. The van der Waals surface area contributed by atoms with Gasteiger partial charge in [0.25, 0.3) is 0 Å². The molecule has 3 aliphatic rings. The van der Waals surface area contributed by atoms with Gasteiger partial charge in [-0.2, -0.15) is 13.6 Å². The summed E-state index contributed by atoms with van der Waals surface area (Å²) in [5, 5.41) is 8.47. The molecule has 2 saturated carbocycles. The lowest BCUT2D eigenvalue weighted by molar-refractivity contribution is -0.123. The monoisotopic (exact) mass is 476 g/mol. The fraction of sp³-hybridized carbons (Fsp3) is 0.731. The van der Waals surface area contributed by atoms with E-state index in [1.165, 1.54) is 36.8 Å². The van der Waals surface area contributed by atoms with E-state index in [2.05, 4.69) is 19.2 Å². The summed E-state index contributed by atoms with van der Waals surface area (Å²) < 4.78 is 27.5. The molecule has 0 radical (unpaired) electrons.